The highest BCUT2D eigenvalue weighted by atomic mass is 35.5. The molecule has 0 saturated carbocycles. The molecule has 0 fully saturated rings. The minimum Gasteiger partial charge on any atom is -0.493 e. The minimum absolute atomic E-state index is 0.0832. The lowest BCUT2D eigenvalue weighted by Crippen LogP contribution is -2.21. The number of methoxy groups -OCH3 is 1. The molecule has 10 nitrogen and oxygen atoms in total. The van der Waals surface area contributed by atoms with E-state index in [1.54, 1.807) is 12.1 Å². The number of nitrogens with one attached hydrogen (secondary N) is 2. The predicted octanol–water partition coefficient (Wildman–Crippen LogP) is 4.66. The second-order valence-electron chi connectivity index (χ2n) is 7.62. The van der Waals surface area contributed by atoms with Gasteiger partial charge >= 0.3 is 0 Å². The van der Waals surface area contributed by atoms with Crippen molar-refractivity contribution in [1.82, 2.24) is 5.43 Å². The van der Waals surface area contributed by atoms with Crippen molar-refractivity contribution in [3.63, 3.8) is 0 Å². The van der Waals surface area contributed by atoms with E-state index in [1.165, 1.54) is 37.6 Å². The van der Waals surface area contributed by atoms with Gasteiger partial charge in [-0.2, -0.15) is 5.10 Å². The van der Waals surface area contributed by atoms with Crippen LogP contribution in [0.3, 0.4) is 0 Å². The van der Waals surface area contributed by atoms with Crippen molar-refractivity contribution in [2.75, 3.05) is 19.0 Å². The first kappa shape index (κ1) is 26.2. The van der Waals surface area contributed by atoms with E-state index in [4.69, 9.17) is 21.1 Å². The van der Waals surface area contributed by atoms with Crippen molar-refractivity contribution in [3.8, 4) is 11.5 Å². The second kappa shape index (κ2) is 11.8. The van der Waals surface area contributed by atoms with E-state index in [-0.39, 0.29) is 40.3 Å². The Labute approximate surface area is 212 Å². The van der Waals surface area contributed by atoms with Crippen LogP contribution in [0.1, 0.15) is 27.0 Å². The number of rotatable bonds is 9. The maximum absolute atomic E-state index is 12.4. The number of halogens is 1. The summed E-state index contributed by atoms with van der Waals surface area (Å²) in [7, 11) is 1.42. The average Bonchev–Trinajstić information content (AvgIpc) is 2.85. The standard InChI is InChI=1S/C25H23ClN4O6/c1-15-6-4-9-21(16(15)2)28-23(31)14-36-24-20(26)10-17(11-22(24)35-3)13-27-29-25(32)18-7-5-8-19(12-18)30(33)34/h4-13H,14H2,1-3H3,(H,28,31)(H,29,32)/b27-13+. The van der Waals surface area contributed by atoms with Crippen LogP contribution in [0.15, 0.2) is 59.7 Å². The van der Waals surface area contributed by atoms with Crippen molar-refractivity contribution < 1.29 is 24.0 Å². The van der Waals surface area contributed by atoms with Gasteiger partial charge in [0.1, 0.15) is 0 Å². The van der Waals surface area contributed by atoms with Gasteiger partial charge in [-0.25, -0.2) is 5.43 Å². The van der Waals surface area contributed by atoms with Crippen LogP contribution >= 0.6 is 11.6 Å². The van der Waals surface area contributed by atoms with E-state index in [9.17, 15) is 19.7 Å². The third kappa shape index (κ3) is 6.57. The van der Waals surface area contributed by atoms with Gasteiger partial charge in [0.2, 0.25) is 0 Å². The molecule has 36 heavy (non-hydrogen) atoms. The Morgan fingerprint density at radius 1 is 1.14 bits per heavy atom. The summed E-state index contributed by atoms with van der Waals surface area (Å²) in [5, 5.41) is 17.7. The number of anilines is 1. The first-order chi connectivity index (χ1) is 17.2. The third-order valence-corrected chi connectivity index (χ3v) is 5.46. The molecule has 3 aromatic carbocycles. The number of nitro groups is 1. The van der Waals surface area contributed by atoms with E-state index >= 15 is 0 Å². The van der Waals surface area contributed by atoms with Crippen LogP contribution in [0.25, 0.3) is 0 Å². The van der Waals surface area contributed by atoms with Crippen LogP contribution in [0.2, 0.25) is 5.02 Å². The van der Waals surface area contributed by atoms with E-state index in [2.05, 4.69) is 15.8 Å². The molecule has 0 aromatic heterocycles. The number of non-ortho nitro benzene ring substituents is 1. The van der Waals surface area contributed by atoms with Gasteiger partial charge in [-0.05, 0) is 54.8 Å². The maximum Gasteiger partial charge on any atom is 0.271 e. The predicted molar refractivity (Wildman–Crippen MR) is 136 cm³/mol. The van der Waals surface area contributed by atoms with Crippen molar-refractivity contribution in [1.29, 1.82) is 0 Å². The highest BCUT2D eigenvalue weighted by molar-refractivity contribution is 6.32. The number of nitrogens with zero attached hydrogens (tertiary/aromatic N) is 2. The lowest BCUT2D eigenvalue weighted by atomic mass is 10.1. The molecule has 2 amide bonds. The number of carbonyl (C=O) groups is 2. The Morgan fingerprint density at radius 3 is 2.61 bits per heavy atom. The summed E-state index contributed by atoms with van der Waals surface area (Å²) in [6.07, 6.45) is 1.32. The van der Waals surface area contributed by atoms with Crippen LogP contribution in [0.5, 0.6) is 11.5 Å². The number of amides is 2. The van der Waals surface area contributed by atoms with E-state index in [0.717, 1.165) is 17.2 Å². The molecule has 0 aliphatic carbocycles. The van der Waals surface area contributed by atoms with Crippen molar-refractivity contribution in [2.45, 2.75) is 13.8 Å². The number of aryl methyl sites for hydroxylation is 1. The molecule has 3 rings (SSSR count). The quantitative estimate of drug-likeness (QED) is 0.244. The average molecular weight is 511 g/mol. The Kier molecular flexibility index (Phi) is 8.58. The fourth-order valence-corrected chi connectivity index (χ4v) is 3.43. The Hall–Kier alpha value is -4.44. The first-order valence-corrected chi connectivity index (χ1v) is 11.0. The van der Waals surface area contributed by atoms with Gasteiger partial charge in [-0.1, -0.05) is 29.8 Å². The lowest BCUT2D eigenvalue weighted by Gasteiger charge is -2.14. The number of hydrogen-bond donors (Lipinski definition) is 2. The smallest absolute Gasteiger partial charge is 0.271 e. The summed E-state index contributed by atoms with van der Waals surface area (Å²) >= 11 is 6.34. The molecule has 0 saturated heterocycles. The fraction of sp³-hybridized carbons (Fsp3) is 0.160. The molecule has 3 aromatic rings. The van der Waals surface area contributed by atoms with E-state index in [1.807, 2.05) is 26.0 Å². The van der Waals surface area contributed by atoms with Crippen LogP contribution in [0, 0.1) is 24.0 Å². The highest BCUT2D eigenvalue weighted by Crippen LogP contribution is 2.36. The lowest BCUT2D eigenvalue weighted by molar-refractivity contribution is -0.384. The first-order valence-electron chi connectivity index (χ1n) is 10.6. The largest absolute Gasteiger partial charge is 0.493 e. The van der Waals surface area contributed by atoms with Crippen LogP contribution < -0.4 is 20.2 Å². The summed E-state index contributed by atoms with van der Waals surface area (Å²) in [5.41, 5.74) is 5.36. The topological polar surface area (TPSA) is 132 Å². The molecule has 0 radical (unpaired) electrons. The number of nitro benzene ring substituents is 1. The van der Waals surface area contributed by atoms with Gasteiger partial charge in [-0.15, -0.1) is 0 Å². The number of hydrogen-bond acceptors (Lipinski definition) is 7. The Morgan fingerprint density at radius 2 is 1.89 bits per heavy atom. The zero-order chi connectivity index (χ0) is 26.2. The Bertz CT molecular complexity index is 1340. The van der Waals surface area contributed by atoms with Gasteiger partial charge in [0.15, 0.2) is 18.1 Å². The number of hydrazone groups is 1. The summed E-state index contributed by atoms with van der Waals surface area (Å²) < 4.78 is 10.9. The van der Waals surface area contributed by atoms with Crippen LogP contribution in [0.4, 0.5) is 11.4 Å². The normalized spacial score (nSPS) is 10.7. The number of benzene rings is 3. The molecule has 0 spiro atoms. The number of carbonyl (C=O) groups excluding carboxylic acids is 2. The molecule has 11 heteroatoms. The van der Waals surface area contributed by atoms with Crippen molar-refractivity contribution in [2.24, 2.45) is 5.10 Å². The van der Waals surface area contributed by atoms with E-state index < -0.39 is 10.8 Å². The molecule has 0 aliphatic rings. The van der Waals surface area contributed by atoms with E-state index in [0.29, 0.717) is 11.3 Å². The molecule has 0 unspecified atom stereocenters. The number of ether oxygens (including phenoxy) is 2. The highest BCUT2D eigenvalue weighted by Gasteiger charge is 2.15. The zero-order valence-electron chi connectivity index (χ0n) is 19.7. The SMILES string of the molecule is COc1cc(/C=N/NC(=O)c2cccc([N+](=O)[O-])c2)cc(Cl)c1OCC(=O)Nc1cccc(C)c1C. The molecule has 0 heterocycles. The van der Waals surface area contributed by atoms with Gasteiger partial charge < -0.3 is 14.8 Å². The summed E-state index contributed by atoms with van der Waals surface area (Å²) in [6.45, 7) is 3.57. The molecule has 2 N–H and O–H groups in total. The van der Waals surface area contributed by atoms with Gasteiger partial charge in [0, 0.05) is 23.4 Å². The summed E-state index contributed by atoms with van der Waals surface area (Å²) in [5.74, 6) is -0.555. The van der Waals surface area contributed by atoms with Crippen LogP contribution in [-0.2, 0) is 4.79 Å². The zero-order valence-corrected chi connectivity index (χ0v) is 20.5. The maximum atomic E-state index is 12.4. The van der Waals surface area contributed by atoms with Gasteiger partial charge in [0.25, 0.3) is 17.5 Å². The third-order valence-electron chi connectivity index (χ3n) is 5.18. The molecular formula is C25H23ClN4O6. The Balaban J connectivity index is 1.65. The molecular weight excluding hydrogens is 488 g/mol. The van der Waals surface area contributed by atoms with Gasteiger partial charge in [0.05, 0.1) is 23.3 Å². The summed E-state index contributed by atoms with van der Waals surface area (Å²) in [4.78, 5) is 34.9. The molecule has 0 bridgehead atoms. The second-order valence-corrected chi connectivity index (χ2v) is 8.03. The molecule has 0 aliphatic heterocycles. The van der Waals surface area contributed by atoms with Crippen LogP contribution in [-0.4, -0.2) is 36.7 Å². The minimum atomic E-state index is -0.622. The van der Waals surface area contributed by atoms with Crippen molar-refractivity contribution >= 4 is 41.0 Å². The monoisotopic (exact) mass is 510 g/mol. The van der Waals surface area contributed by atoms with Crippen molar-refractivity contribution in [3.05, 3.63) is 92.0 Å². The van der Waals surface area contributed by atoms with Gasteiger partial charge in [-0.3, -0.25) is 19.7 Å². The molecule has 0 atom stereocenters. The molecule has 186 valence electrons. The fourth-order valence-electron chi connectivity index (χ4n) is 3.16. The summed E-state index contributed by atoms with van der Waals surface area (Å²) in [6, 6.07) is 14.0.